The Balaban J connectivity index is 0. The maximum Gasteiger partial charge on any atom is 1.00 e. The molecule has 0 atom stereocenters. The molecule has 0 radical (unpaired) electrons. The molecule has 0 N–H and O–H groups in total. The van der Waals surface area contributed by atoms with E-state index in [4.69, 9.17) is 0 Å². The number of rotatable bonds is 1. The molecule has 6 heavy (non-hydrogen) atoms. The van der Waals surface area contributed by atoms with E-state index in [1.165, 1.54) is 0 Å². The summed E-state index contributed by atoms with van der Waals surface area (Å²) in [5.41, 5.74) is 0. The summed E-state index contributed by atoms with van der Waals surface area (Å²) in [6.45, 7) is 4.50. The van der Waals surface area contributed by atoms with Gasteiger partial charge in [0.05, 0.1) is 0 Å². The van der Waals surface area contributed by atoms with E-state index in [-0.39, 0.29) is 18.9 Å². The molecule has 0 aromatic carbocycles. The molecule has 0 spiro atoms. The van der Waals surface area contributed by atoms with Crippen molar-refractivity contribution in [1.82, 2.24) is 4.90 Å². The van der Waals surface area contributed by atoms with Crippen LogP contribution in [0.1, 0.15) is 0 Å². The first-order valence-corrected chi connectivity index (χ1v) is 1.71. The maximum absolute atomic E-state index is 3.61. The SMILES string of the molecule is [CH2-]CN(C)C.[Li+]. The van der Waals surface area contributed by atoms with Crippen molar-refractivity contribution in [2.24, 2.45) is 0 Å². The first kappa shape index (κ1) is 9.75. The van der Waals surface area contributed by atoms with Crippen molar-refractivity contribution in [3.05, 3.63) is 6.92 Å². The van der Waals surface area contributed by atoms with Crippen LogP contribution in [0.5, 0.6) is 0 Å². The summed E-state index contributed by atoms with van der Waals surface area (Å²) in [4.78, 5) is 2.01. The average Bonchev–Trinajstić information content (AvgIpc) is 1.38. The minimum Gasteiger partial charge on any atom is -0.339 e. The van der Waals surface area contributed by atoms with Crippen LogP contribution >= 0.6 is 0 Å². The predicted molar refractivity (Wildman–Crippen MR) is 23.9 cm³/mol. The summed E-state index contributed by atoms with van der Waals surface area (Å²) in [5, 5.41) is 0. The van der Waals surface area contributed by atoms with Gasteiger partial charge in [-0.1, -0.05) is 0 Å². The van der Waals surface area contributed by atoms with Gasteiger partial charge < -0.3 is 11.8 Å². The molecule has 0 saturated carbocycles. The molecule has 0 bridgehead atoms. The fourth-order valence-electron chi connectivity index (χ4n) is 0. The topological polar surface area (TPSA) is 3.24 Å². The Morgan fingerprint density at radius 1 is 1.50 bits per heavy atom. The summed E-state index contributed by atoms with van der Waals surface area (Å²) in [6, 6.07) is 0. The summed E-state index contributed by atoms with van der Waals surface area (Å²) >= 11 is 0. The van der Waals surface area contributed by atoms with E-state index in [0.717, 1.165) is 6.54 Å². The molecule has 0 rings (SSSR count). The zero-order valence-corrected chi connectivity index (χ0v) is 4.86. The smallest absolute Gasteiger partial charge is 0.339 e. The van der Waals surface area contributed by atoms with Crippen molar-refractivity contribution in [2.45, 2.75) is 0 Å². The molecule has 0 aliphatic heterocycles. The Hall–Kier alpha value is 0.557. The molecule has 0 aliphatic carbocycles. The third-order valence-electron chi connectivity index (χ3n) is 0.447. The molecule has 0 saturated heterocycles. The second kappa shape index (κ2) is 5.56. The minimum absolute atomic E-state index is 0. The summed E-state index contributed by atoms with van der Waals surface area (Å²) in [6.07, 6.45) is 0. The second-order valence-corrected chi connectivity index (χ2v) is 1.30. The van der Waals surface area contributed by atoms with Crippen LogP contribution in [0.3, 0.4) is 0 Å². The van der Waals surface area contributed by atoms with Crippen LogP contribution in [0.4, 0.5) is 0 Å². The Kier molecular flexibility index (Phi) is 9.03. The van der Waals surface area contributed by atoms with Gasteiger partial charge in [0.15, 0.2) is 0 Å². The van der Waals surface area contributed by atoms with Gasteiger partial charge in [-0.15, -0.1) is 6.54 Å². The standard InChI is InChI=1S/C4H10N.Li/c1-4-5(2)3;/h1,4H2,2-3H3;/q-1;+1. The van der Waals surface area contributed by atoms with Crippen molar-refractivity contribution in [1.29, 1.82) is 0 Å². The number of nitrogens with zero attached hydrogens (tertiary/aromatic N) is 1. The van der Waals surface area contributed by atoms with Gasteiger partial charge in [0.2, 0.25) is 0 Å². The Morgan fingerprint density at radius 2 is 1.67 bits per heavy atom. The zero-order chi connectivity index (χ0) is 4.28. The van der Waals surface area contributed by atoms with Crippen LogP contribution in [0.2, 0.25) is 0 Å². The monoisotopic (exact) mass is 79.1 g/mol. The summed E-state index contributed by atoms with van der Waals surface area (Å²) in [7, 11) is 3.99. The molecule has 0 aromatic rings. The molecule has 0 unspecified atom stereocenters. The van der Waals surface area contributed by atoms with E-state index in [9.17, 15) is 0 Å². The fraction of sp³-hybridized carbons (Fsp3) is 0.750. The van der Waals surface area contributed by atoms with Gasteiger partial charge in [-0.2, -0.15) is 0 Å². The largest absolute Gasteiger partial charge is 1.00 e. The molecule has 0 aliphatic rings. The first-order valence-electron chi connectivity index (χ1n) is 1.71. The van der Waals surface area contributed by atoms with Crippen LogP contribution < -0.4 is 18.9 Å². The van der Waals surface area contributed by atoms with E-state index in [0.29, 0.717) is 0 Å². The van der Waals surface area contributed by atoms with Crippen LogP contribution in [0.25, 0.3) is 0 Å². The van der Waals surface area contributed by atoms with Crippen LogP contribution in [0.15, 0.2) is 0 Å². The van der Waals surface area contributed by atoms with Gasteiger partial charge in [0.1, 0.15) is 0 Å². The molecule has 32 valence electrons. The van der Waals surface area contributed by atoms with Crippen molar-refractivity contribution < 1.29 is 18.9 Å². The van der Waals surface area contributed by atoms with Crippen LogP contribution in [-0.4, -0.2) is 25.5 Å². The summed E-state index contributed by atoms with van der Waals surface area (Å²) in [5.74, 6) is 0. The molecule has 1 nitrogen and oxygen atoms in total. The molecule has 0 aromatic heterocycles. The normalized spacial score (nSPS) is 8.00. The van der Waals surface area contributed by atoms with Gasteiger partial charge >= 0.3 is 18.9 Å². The van der Waals surface area contributed by atoms with E-state index in [1.54, 1.807) is 0 Å². The van der Waals surface area contributed by atoms with Crippen molar-refractivity contribution in [3.8, 4) is 0 Å². The average molecular weight is 79.1 g/mol. The van der Waals surface area contributed by atoms with Crippen LogP contribution in [0, 0.1) is 6.92 Å². The van der Waals surface area contributed by atoms with E-state index in [1.807, 2.05) is 19.0 Å². The Morgan fingerprint density at radius 3 is 1.67 bits per heavy atom. The van der Waals surface area contributed by atoms with Crippen LogP contribution in [-0.2, 0) is 0 Å². The molecule has 0 amide bonds. The van der Waals surface area contributed by atoms with E-state index < -0.39 is 0 Å². The van der Waals surface area contributed by atoms with Gasteiger partial charge in [0, 0.05) is 0 Å². The van der Waals surface area contributed by atoms with E-state index >= 15 is 0 Å². The zero-order valence-electron chi connectivity index (χ0n) is 4.86. The minimum atomic E-state index is 0. The van der Waals surface area contributed by atoms with Gasteiger partial charge in [-0.05, 0) is 14.1 Å². The van der Waals surface area contributed by atoms with Crippen molar-refractivity contribution in [2.75, 3.05) is 20.6 Å². The number of hydrogen-bond acceptors (Lipinski definition) is 1. The summed E-state index contributed by atoms with van der Waals surface area (Å²) < 4.78 is 0. The van der Waals surface area contributed by atoms with Gasteiger partial charge in [-0.3, -0.25) is 0 Å². The van der Waals surface area contributed by atoms with Crippen molar-refractivity contribution >= 4 is 0 Å². The quantitative estimate of drug-likeness (QED) is 0.246. The fourth-order valence-corrected chi connectivity index (χ4v) is 0. The number of hydrogen-bond donors (Lipinski definition) is 0. The first-order chi connectivity index (χ1) is 2.27. The maximum atomic E-state index is 3.61. The molecule has 0 fully saturated rings. The van der Waals surface area contributed by atoms with E-state index in [2.05, 4.69) is 6.92 Å². The Bertz CT molecular complexity index is 21.5. The molecular weight excluding hydrogens is 69.0 g/mol. The third-order valence-corrected chi connectivity index (χ3v) is 0.447. The van der Waals surface area contributed by atoms with Crippen molar-refractivity contribution in [3.63, 3.8) is 0 Å². The van der Waals surface area contributed by atoms with Gasteiger partial charge in [-0.25, -0.2) is 0 Å². The third kappa shape index (κ3) is 8.82. The molecular formula is C4H10LiN. The molecule has 0 heterocycles. The second-order valence-electron chi connectivity index (χ2n) is 1.30. The van der Waals surface area contributed by atoms with Gasteiger partial charge in [0.25, 0.3) is 0 Å². The predicted octanol–water partition coefficient (Wildman–Crippen LogP) is -2.61. The Labute approximate surface area is 51.9 Å². The molecule has 2 heteroatoms.